The van der Waals surface area contributed by atoms with E-state index >= 15 is 0 Å². The molecule has 0 bridgehead atoms. The zero-order chi connectivity index (χ0) is 17.6. The topological polar surface area (TPSA) is 55.2 Å². The summed E-state index contributed by atoms with van der Waals surface area (Å²) < 4.78 is 1.50. The molecule has 1 aliphatic rings. The van der Waals surface area contributed by atoms with Crippen LogP contribution in [0.2, 0.25) is 0 Å². The summed E-state index contributed by atoms with van der Waals surface area (Å²) in [4.78, 5) is 33.6. The SMILES string of the molecule is Cc1cc2c(=O)n(CC(=O)N3CCc4ccccc4C3)c(C)nc2s1. The lowest BCUT2D eigenvalue weighted by Gasteiger charge is -2.29. The largest absolute Gasteiger partial charge is 0.336 e. The lowest BCUT2D eigenvalue weighted by molar-refractivity contribution is -0.132. The third-order valence-electron chi connectivity index (χ3n) is 4.74. The molecule has 0 N–H and O–H groups in total. The van der Waals surface area contributed by atoms with E-state index in [-0.39, 0.29) is 18.0 Å². The second kappa shape index (κ2) is 6.11. The van der Waals surface area contributed by atoms with E-state index in [2.05, 4.69) is 17.1 Å². The summed E-state index contributed by atoms with van der Waals surface area (Å²) >= 11 is 1.51. The number of aromatic nitrogens is 2. The second-order valence-electron chi connectivity index (χ2n) is 6.46. The van der Waals surface area contributed by atoms with E-state index in [1.807, 2.05) is 30.0 Å². The van der Waals surface area contributed by atoms with Crippen molar-refractivity contribution in [3.05, 3.63) is 62.5 Å². The van der Waals surface area contributed by atoms with Gasteiger partial charge in [-0.25, -0.2) is 4.98 Å². The molecular formula is C19H19N3O2S. The molecule has 6 heteroatoms. The maximum absolute atomic E-state index is 12.8. The van der Waals surface area contributed by atoms with E-state index in [0.29, 0.717) is 24.3 Å². The fourth-order valence-electron chi connectivity index (χ4n) is 3.37. The van der Waals surface area contributed by atoms with Gasteiger partial charge in [0.15, 0.2) is 0 Å². The van der Waals surface area contributed by atoms with Crippen LogP contribution in [0.3, 0.4) is 0 Å². The Labute approximate surface area is 149 Å². The maximum atomic E-state index is 12.8. The molecule has 0 saturated heterocycles. The van der Waals surface area contributed by atoms with Crippen LogP contribution in [0.25, 0.3) is 10.2 Å². The minimum absolute atomic E-state index is 0.0344. The predicted octanol–water partition coefficient (Wildman–Crippen LogP) is 2.66. The summed E-state index contributed by atoms with van der Waals surface area (Å²) in [6, 6.07) is 10.1. The number of benzene rings is 1. The van der Waals surface area contributed by atoms with Crippen molar-refractivity contribution >= 4 is 27.5 Å². The maximum Gasteiger partial charge on any atom is 0.262 e. The number of hydrogen-bond donors (Lipinski definition) is 0. The Bertz CT molecular complexity index is 1030. The van der Waals surface area contributed by atoms with Gasteiger partial charge in [-0.3, -0.25) is 14.2 Å². The van der Waals surface area contributed by atoms with Crippen LogP contribution in [-0.2, 0) is 24.3 Å². The van der Waals surface area contributed by atoms with Crippen LogP contribution in [0.4, 0.5) is 0 Å². The molecule has 1 aliphatic heterocycles. The molecule has 0 fully saturated rings. The van der Waals surface area contributed by atoms with E-state index in [0.717, 1.165) is 16.1 Å². The molecule has 128 valence electrons. The van der Waals surface area contributed by atoms with Gasteiger partial charge in [0.25, 0.3) is 5.56 Å². The number of fused-ring (bicyclic) bond motifs is 2. The molecule has 25 heavy (non-hydrogen) atoms. The van der Waals surface area contributed by atoms with Gasteiger partial charge >= 0.3 is 0 Å². The van der Waals surface area contributed by atoms with Crippen LogP contribution in [0.15, 0.2) is 35.1 Å². The smallest absolute Gasteiger partial charge is 0.262 e. The van der Waals surface area contributed by atoms with Crippen molar-refractivity contribution in [2.24, 2.45) is 0 Å². The highest BCUT2D eigenvalue weighted by atomic mass is 32.1. The van der Waals surface area contributed by atoms with E-state index in [1.54, 1.807) is 6.92 Å². The standard InChI is InChI=1S/C19H19N3O2S/c1-12-9-16-18(25-12)20-13(2)22(19(16)24)11-17(23)21-8-7-14-5-3-4-6-15(14)10-21/h3-6,9H,7-8,10-11H2,1-2H3. The number of carbonyl (C=O) groups is 1. The second-order valence-corrected chi connectivity index (χ2v) is 7.69. The van der Waals surface area contributed by atoms with Crippen LogP contribution >= 0.6 is 11.3 Å². The van der Waals surface area contributed by atoms with Crippen molar-refractivity contribution in [2.45, 2.75) is 33.4 Å². The Morgan fingerprint density at radius 2 is 2.00 bits per heavy atom. The van der Waals surface area contributed by atoms with Gasteiger partial charge in [0.2, 0.25) is 5.91 Å². The summed E-state index contributed by atoms with van der Waals surface area (Å²) in [5, 5.41) is 0.602. The van der Waals surface area contributed by atoms with Gasteiger partial charge in [0.1, 0.15) is 17.2 Å². The molecule has 0 atom stereocenters. The summed E-state index contributed by atoms with van der Waals surface area (Å²) in [6.07, 6.45) is 0.858. The highest BCUT2D eigenvalue weighted by Gasteiger charge is 2.22. The average molecular weight is 353 g/mol. The molecule has 0 radical (unpaired) electrons. The molecule has 0 unspecified atom stereocenters. The number of hydrogen-bond acceptors (Lipinski definition) is 4. The molecule has 5 nitrogen and oxygen atoms in total. The predicted molar refractivity (Wildman–Crippen MR) is 98.9 cm³/mol. The van der Waals surface area contributed by atoms with Gasteiger partial charge in [-0.05, 0) is 37.5 Å². The van der Waals surface area contributed by atoms with Gasteiger partial charge in [0.05, 0.1) is 5.39 Å². The molecule has 3 aromatic rings. The van der Waals surface area contributed by atoms with Crippen molar-refractivity contribution in [1.29, 1.82) is 0 Å². The van der Waals surface area contributed by atoms with Crippen molar-refractivity contribution in [3.63, 3.8) is 0 Å². The first-order chi connectivity index (χ1) is 12.0. The minimum atomic E-state index is -0.127. The first-order valence-electron chi connectivity index (χ1n) is 8.35. The van der Waals surface area contributed by atoms with Gasteiger partial charge < -0.3 is 4.90 Å². The monoisotopic (exact) mass is 353 g/mol. The first kappa shape index (κ1) is 16.0. The summed E-state index contributed by atoms with van der Waals surface area (Å²) in [6.45, 7) is 5.09. The fourth-order valence-corrected chi connectivity index (χ4v) is 4.28. The highest BCUT2D eigenvalue weighted by Crippen LogP contribution is 2.21. The van der Waals surface area contributed by atoms with Crippen LogP contribution < -0.4 is 5.56 Å². The fraction of sp³-hybridized carbons (Fsp3) is 0.316. The molecule has 0 saturated carbocycles. The third-order valence-corrected chi connectivity index (χ3v) is 5.69. The Morgan fingerprint density at radius 3 is 2.80 bits per heavy atom. The molecule has 3 heterocycles. The van der Waals surface area contributed by atoms with E-state index in [4.69, 9.17) is 0 Å². The number of thiophene rings is 1. The van der Waals surface area contributed by atoms with Crippen LogP contribution in [0.1, 0.15) is 21.8 Å². The number of rotatable bonds is 2. The molecule has 1 amide bonds. The lowest BCUT2D eigenvalue weighted by atomic mass is 10.00. The number of amides is 1. The normalized spacial score (nSPS) is 13.9. The first-order valence-corrected chi connectivity index (χ1v) is 9.17. The van der Waals surface area contributed by atoms with Gasteiger partial charge in [0, 0.05) is 18.0 Å². The lowest BCUT2D eigenvalue weighted by Crippen LogP contribution is -2.40. The molecule has 0 spiro atoms. The van der Waals surface area contributed by atoms with Crippen LogP contribution in [0.5, 0.6) is 0 Å². The van der Waals surface area contributed by atoms with E-state index < -0.39 is 0 Å². The Kier molecular flexibility index (Phi) is 3.92. The minimum Gasteiger partial charge on any atom is -0.336 e. The van der Waals surface area contributed by atoms with E-state index in [9.17, 15) is 9.59 Å². The summed E-state index contributed by atoms with van der Waals surface area (Å²) in [7, 11) is 0. The summed E-state index contributed by atoms with van der Waals surface area (Å²) in [5.41, 5.74) is 2.36. The molecule has 1 aromatic carbocycles. The zero-order valence-corrected chi connectivity index (χ0v) is 15.1. The molecule has 4 rings (SSSR count). The highest BCUT2D eigenvalue weighted by molar-refractivity contribution is 7.18. The molecule has 0 aliphatic carbocycles. The Hall–Kier alpha value is -2.47. The summed E-state index contributed by atoms with van der Waals surface area (Å²) in [5.74, 6) is 0.554. The van der Waals surface area contributed by atoms with Gasteiger partial charge in [-0.15, -0.1) is 11.3 Å². The van der Waals surface area contributed by atoms with Crippen LogP contribution in [-0.4, -0.2) is 26.9 Å². The number of carbonyl (C=O) groups excluding carboxylic acids is 1. The Balaban J connectivity index is 1.61. The number of nitrogens with zero attached hydrogens (tertiary/aromatic N) is 3. The van der Waals surface area contributed by atoms with Crippen molar-refractivity contribution in [2.75, 3.05) is 6.54 Å². The van der Waals surface area contributed by atoms with Crippen LogP contribution in [0, 0.1) is 13.8 Å². The van der Waals surface area contributed by atoms with Crippen molar-refractivity contribution in [3.8, 4) is 0 Å². The van der Waals surface area contributed by atoms with Gasteiger partial charge in [-0.2, -0.15) is 0 Å². The third kappa shape index (κ3) is 2.87. The van der Waals surface area contributed by atoms with Crippen molar-refractivity contribution < 1.29 is 4.79 Å². The van der Waals surface area contributed by atoms with Crippen molar-refractivity contribution in [1.82, 2.24) is 14.5 Å². The average Bonchev–Trinajstić information content (AvgIpc) is 2.98. The molecule has 2 aromatic heterocycles. The van der Waals surface area contributed by atoms with E-state index in [1.165, 1.54) is 27.0 Å². The molecular weight excluding hydrogens is 334 g/mol. The Morgan fingerprint density at radius 1 is 1.24 bits per heavy atom. The number of aryl methyl sites for hydroxylation is 2. The van der Waals surface area contributed by atoms with Gasteiger partial charge in [-0.1, -0.05) is 24.3 Å². The zero-order valence-electron chi connectivity index (χ0n) is 14.3. The quantitative estimate of drug-likeness (QED) is 0.712.